The molecule has 104 valence electrons. The first kappa shape index (κ1) is 13.3. The maximum Gasteiger partial charge on any atom is 0.368 e. The van der Waals surface area contributed by atoms with E-state index in [2.05, 4.69) is 17.3 Å². The molecule has 1 aliphatic rings. The van der Waals surface area contributed by atoms with Crippen LogP contribution in [0.3, 0.4) is 0 Å². The Kier molecular flexibility index (Phi) is 3.40. The molecule has 2 aromatic rings. The first-order chi connectivity index (χ1) is 10.1. The molecule has 0 fully saturated rings. The summed E-state index contributed by atoms with van der Waals surface area (Å²) in [6.45, 7) is 4.05. The van der Waals surface area contributed by atoms with Gasteiger partial charge in [-0.15, -0.1) is 0 Å². The van der Waals surface area contributed by atoms with E-state index in [1.165, 1.54) is 0 Å². The summed E-state index contributed by atoms with van der Waals surface area (Å²) in [5.41, 5.74) is 5.22. The van der Waals surface area contributed by atoms with E-state index in [1.54, 1.807) is 0 Å². The SMILES string of the molecule is Cc1ccc(C)c(C=C2C(=O)ON=C2c2ccccc2)c1. The summed E-state index contributed by atoms with van der Waals surface area (Å²) in [5, 5.41) is 3.92. The summed E-state index contributed by atoms with van der Waals surface area (Å²) in [5.74, 6) is -0.408. The summed E-state index contributed by atoms with van der Waals surface area (Å²) < 4.78 is 0. The number of aryl methyl sites for hydroxylation is 2. The van der Waals surface area contributed by atoms with Gasteiger partial charge in [0.05, 0.1) is 5.57 Å². The minimum Gasteiger partial charge on any atom is -0.312 e. The molecule has 3 nitrogen and oxygen atoms in total. The lowest BCUT2D eigenvalue weighted by Crippen LogP contribution is -2.07. The third kappa shape index (κ3) is 2.63. The minimum atomic E-state index is -0.408. The van der Waals surface area contributed by atoms with E-state index in [9.17, 15) is 4.79 Å². The zero-order chi connectivity index (χ0) is 14.8. The van der Waals surface area contributed by atoms with Crippen molar-refractivity contribution in [2.45, 2.75) is 13.8 Å². The van der Waals surface area contributed by atoms with E-state index in [1.807, 2.05) is 56.3 Å². The average Bonchev–Trinajstić information content (AvgIpc) is 2.85. The van der Waals surface area contributed by atoms with Crippen LogP contribution in [0.25, 0.3) is 6.08 Å². The van der Waals surface area contributed by atoms with E-state index >= 15 is 0 Å². The van der Waals surface area contributed by atoms with Crippen LogP contribution in [0.2, 0.25) is 0 Å². The molecule has 0 spiro atoms. The molecule has 0 unspecified atom stereocenters. The fraction of sp³-hybridized carbons (Fsp3) is 0.111. The van der Waals surface area contributed by atoms with E-state index in [0.29, 0.717) is 11.3 Å². The zero-order valence-corrected chi connectivity index (χ0v) is 12.0. The van der Waals surface area contributed by atoms with Crippen LogP contribution in [-0.4, -0.2) is 11.7 Å². The van der Waals surface area contributed by atoms with Crippen molar-refractivity contribution in [3.8, 4) is 0 Å². The summed E-state index contributed by atoms with van der Waals surface area (Å²) in [7, 11) is 0. The molecule has 0 N–H and O–H groups in total. The Labute approximate surface area is 123 Å². The molecule has 21 heavy (non-hydrogen) atoms. The number of hydrogen-bond donors (Lipinski definition) is 0. The van der Waals surface area contributed by atoms with Crippen molar-refractivity contribution in [3.63, 3.8) is 0 Å². The summed E-state index contributed by atoms with van der Waals surface area (Å²) >= 11 is 0. The molecule has 1 heterocycles. The molecule has 0 saturated carbocycles. The van der Waals surface area contributed by atoms with Crippen LogP contribution in [0.5, 0.6) is 0 Å². The highest BCUT2D eigenvalue weighted by Crippen LogP contribution is 2.22. The van der Waals surface area contributed by atoms with Gasteiger partial charge in [0, 0.05) is 5.56 Å². The lowest BCUT2D eigenvalue weighted by molar-refractivity contribution is -0.136. The van der Waals surface area contributed by atoms with Gasteiger partial charge in [0.15, 0.2) is 0 Å². The van der Waals surface area contributed by atoms with Crippen molar-refractivity contribution < 1.29 is 9.63 Å². The van der Waals surface area contributed by atoms with E-state index in [4.69, 9.17) is 4.84 Å². The molecule has 0 radical (unpaired) electrons. The van der Waals surface area contributed by atoms with E-state index in [-0.39, 0.29) is 0 Å². The van der Waals surface area contributed by atoms with Crippen LogP contribution >= 0.6 is 0 Å². The van der Waals surface area contributed by atoms with Crippen LogP contribution < -0.4 is 0 Å². The van der Waals surface area contributed by atoms with Crippen molar-refractivity contribution in [1.82, 2.24) is 0 Å². The number of nitrogens with zero attached hydrogens (tertiary/aromatic N) is 1. The molecule has 0 saturated heterocycles. The highest BCUT2D eigenvalue weighted by Gasteiger charge is 2.26. The van der Waals surface area contributed by atoms with Crippen LogP contribution in [0.4, 0.5) is 0 Å². The number of hydrogen-bond acceptors (Lipinski definition) is 3. The van der Waals surface area contributed by atoms with Gasteiger partial charge in [-0.3, -0.25) is 0 Å². The number of carbonyl (C=O) groups is 1. The Morgan fingerprint density at radius 2 is 1.81 bits per heavy atom. The van der Waals surface area contributed by atoms with Gasteiger partial charge in [-0.05, 0) is 31.1 Å². The maximum atomic E-state index is 12.0. The molecule has 0 aromatic heterocycles. The first-order valence-electron chi connectivity index (χ1n) is 6.79. The Hall–Kier alpha value is -2.68. The molecule has 0 bridgehead atoms. The Balaban J connectivity index is 2.07. The second kappa shape index (κ2) is 5.37. The van der Waals surface area contributed by atoms with Crippen molar-refractivity contribution >= 4 is 17.8 Å². The Morgan fingerprint density at radius 3 is 2.57 bits per heavy atom. The quantitative estimate of drug-likeness (QED) is 0.621. The van der Waals surface area contributed by atoms with Crippen molar-refractivity contribution in [2.24, 2.45) is 5.16 Å². The first-order valence-corrected chi connectivity index (χ1v) is 6.79. The van der Waals surface area contributed by atoms with Gasteiger partial charge in [-0.25, -0.2) is 4.79 Å². The number of benzene rings is 2. The summed E-state index contributed by atoms with van der Waals surface area (Å²) in [4.78, 5) is 16.8. The van der Waals surface area contributed by atoms with Crippen LogP contribution in [-0.2, 0) is 9.63 Å². The Morgan fingerprint density at radius 1 is 1.05 bits per heavy atom. The van der Waals surface area contributed by atoms with Gasteiger partial charge in [0.25, 0.3) is 0 Å². The van der Waals surface area contributed by atoms with Gasteiger partial charge >= 0.3 is 5.97 Å². The molecular weight excluding hydrogens is 262 g/mol. The molecule has 2 aromatic carbocycles. The predicted octanol–water partition coefficient (Wildman–Crippen LogP) is 3.65. The highest BCUT2D eigenvalue weighted by atomic mass is 16.7. The zero-order valence-electron chi connectivity index (χ0n) is 12.0. The smallest absolute Gasteiger partial charge is 0.312 e. The number of oxime groups is 1. The Bertz CT molecular complexity index is 758. The van der Waals surface area contributed by atoms with E-state index in [0.717, 1.165) is 22.3 Å². The molecule has 0 amide bonds. The van der Waals surface area contributed by atoms with Gasteiger partial charge in [0.2, 0.25) is 0 Å². The highest BCUT2D eigenvalue weighted by molar-refractivity contribution is 6.31. The van der Waals surface area contributed by atoms with Gasteiger partial charge in [-0.1, -0.05) is 59.3 Å². The molecule has 0 atom stereocenters. The predicted molar refractivity (Wildman–Crippen MR) is 83.0 cm³/mol. The molecule has 3 rings (SSSR count). The van der Waals surface area contributed by atoms with Crippen LogP contribution in [0.15, 0.2) is 59.3 Å². The fourth-order valence-electron chi connectivity index (χ4n) is 2.28. The molecule has 0 aliphatic carbocycles. The van der Waals surface area contributed by atoms with Crippen molar-refractivity contribution in [2.75, 3.05) is 0 Å². The number of carbonyl (C=O) groups excluding carboxylic acids is 1. The number of rotatable bonds is 2. The third-order valence-electron chi connectivity index (χ3n) is 3.48. The van der Waals surface area contributed by atoms with Crippen LogP contribution in [0.1, 0.15) is 22.3 Å². The standard InChI is InChI=1S/C18H15NO2/c1-12-8-9-13(2)15(10-12)11-16-17(19-21-18(16)20)14-6-4-3-5-7-14/h3-11H,1-2H3. The second-order valence-electron chi connectivity index (χ2n) is 5.10. The van der Waals surface area contributed by atoms with Gasteiger partial charge in [0.1, 0.15) is 5.71 Å². The lowest BCUT2D eigenvalue weighted by atomic mass is 9.98. The summed E-state index contributed by atoms with van der Waals surface area (Å²) in [6.07, 6.45) is 1.85. The lowest BCUT2D eigenvalue weighted by Gasteiger charge is -2.04. The molecule has 1 aliphatic heterocycles. The van der Waals surface area contributed by atoms with Crippen molar-refractivity contribution in [1.29, 1.82) is 0 Å². The van der Waals surface area contributed by atoms with E-state index < -0.39 is 5.97 Å². The minimum absolute atomic E-state index is 0.408. The maximum absolute atomic E-state index is 12.0. The third-order valence-corrected chi connectivity index (χ3v) is 3.48. The second-order valence-corrected chi connectivity index (χ2v) is 5.10. The van der Waals surface area contributed by atoms with Gasteiger partial charge < -0.3 is 4.84 Å². The molecule has 3 heteroatoms. The van der Waals surface area contributed by atoms with Gasteiger partial charge in [-0.2, -0.15) is 0 Å². The summed E-state index contributed by atoms with van der Waals surface area (Å²) in [6, 6.07) is 15.7. The fourth-order valence-corrected chi connectivity index (χ4v) is 2.28. The monoisotopic (exact) mass is 277 g/mol. The average molecular weight is 277 g/mol. The normalized spacial score (nSPS) is 16.0. The largest absolute Gasteiger partial charge is 0.368 e. The van der Waals surface area contributed by atoms with Crippen LogP contribution in [0, 0.1) is 13.8 Å². The topological polar surface area (TPSA) is 38.7 Å². The van der Waals surface area contributed by atoms with Crippen molar-refractivity contribution in [3.05, 3.63) is 76.4 Å². The molecular formula is C18H15NO2.